The minimum atomic E-state index is -0.878. The van der Waals surface area contributed by atoms with Gasteiger partial charge in [-0.2, -0.15) is 0 Å². The zero-order valence-electron chi connectivity index (χ0n) is 22.1. The number of anilines is 2. The third kappa shape index (κ3) is 6.67. The van der Waals surface area contributed by atoms with Gasteiger partial charge in [0.25, 0.3) is 0 Å². The molecule has 0 atom stereocenters. The molecule has 38 heavy (non-hydrogen) atoms. The molecule has 1 aliphatic carbocycles. The van der Waals surface area contributed by atoms with Crippen LogP contribution in [0.15, 0.2) is 36.8 Å². The van der Waals surface area contributed by atoms with Crippen LogP contribution in [0.5, 0.6) is 5.75 Å². The molecule has 4 rings (SSSR count). The lowest BCUT2D eigenvalue weighted by Crippen LogP contribution is -2.52. The molecule has 0 saturated heterocycles. The molecule has 1 fully saturated rings. The molecule has 206 valence electrons. The number of nitrogens with zero attached hydrogens (tertiary/aromatic N) is 4. The van der Waals surface area contributed by atoms with Crippen LogP contribution in [-0.2, 0) is 11.3 Å². The van der Waals surface area contributed by atoms with Gasteiger partial charge in [0, 0.05) is 30.0 Å². The Kier molecular flexibility index (Phi) is 8.96. The zero-order chi connectivity index (χ0) is 27.3. The van der Waals surface area contributed by atoms with E-state index in [1.54, 1.807) is 11.0 Å². The summed E-state index contributed by atoms with van der Waals surface area (Å²) >= 11 is 6.60. The molecule has 1 aliphatic rings. The van der Waals surface area contributed by atoms with Gasteiger partial charge in [-0.05, 0) is 70.7 Å². The first-order valence-corrected chi connectivity index (χ1v) is 13.3. The Bertz CT molecular complexity index is 1240. The summed E-state index contributed by atoms with van der Waals surface area (Å²) in [5.41, 5.74) is 1.97. The van der Waals surface area contributed by atoms with Crippen molar-refractivity contribution < 1.29 is 24.5 Å². The van der Waals surface area contributed by atoms with Crippen LogP contribution in [0.25, 0.3) is 11.0 Å². The smallest absolute Gasteiger partial charge is 0.407 e. The first kappa shape index (κ1) is 27.9. The minimum absolute atomic E-state index is 0.00932. The van der Waals surface area contributed by atoms with Crippen LogP contribution < -0.4 is 10.1 Å². The minimum Gasteiger partial charge on any atom is -0.489 e. The highest BCUT2D eigenvalue weighted by atomic mass is 35.5. The van der Waals surface area contributed by atoms with Crippen molar-refractivity contribution in [3.63, 3.8) is 0 Å². The lowest BCUT2D eigenvalue weighted by atomic mass is 9.89. The van der Waals surface area contributed by atoms with Crippen molar-refractivity contribution in [3.05, 3.63) is 41.8 Å². The summed E-state index contributed by atoms with van der Waals surface area (Å²) in [6, 6.07) is 7.45. The lowest BCUT2D eigenvalue weighted by molar-refractivity contribution is 0.0368. The van der Waals surface area contributed by atoms with Gasteiger partial charge in [0.2, 0.25) is 0 Å². The summed E-state index contributed by atoms with van der Waals surface area (Å²) in [4.78, 5) is 22.2. The summed E-state index contributed by atoms with van der Waals surface area (Å²) in [7, 11) is 0. The Morgan fingerprint density at radius 3 is 2.61 bits per heavy atom. The Morgan fingerprint density at radius 2 is 1.95 bits per heavy atom. The maximum absolute atomic E-state index is 11.8. The van der Waals surface area contributed by atoms with Crippen molar-refractivity contribution in [2.24, 2.45) is 0 Å². The number of aromatic nitrogens is 3. The van der Waals surface area contributed by atoms with Gasteiger partial charge in [-0.15, -0.1) is 0 Å². The summed E-state index contributed by atoms with van der Waals surface area (Å²) in [6.45, 7) is 7.13. The van der Waals surface area contributed by atoms with Crippen LogP contribution >= 0.6 is 11.6 Å². The lowest BCUT2D eigenvalue weighted by Gasteiger charge is -2.42. The van der Waals surface area contributed by atoms with E-state index in [9.17, 15) is 9.90 Å². The van der Waals surface area contributed by atoms with Gasteiger partial charge < -0.3 is 34.5 Å². The van der Waals surface area contributed by atoms with E-state index in [0.717, 1.165) is 42.4 Å². The summed E-state index contributed by atoms with van der Waals surface area (Å²) in [6.07, 6.45) is 5.57. The Balaban J connectivity index is 1.40. The van der Waals surface area contributed by atoms with Crippen molar-refractivity contribution in [1.82, 2.24) is 19.4 Å². The van der Waals surface area contributed by atoms with Gasteiger partial charge >= 0.3 is 6.09 Å². The van der Waals surface area contributed by atoms with Crippen LogP contribution in [0.4, 0.5) is 16.3 Å². The SMILES string of the molecule is CC(C)(C)N(C(=O)O)C1CCC(Oc2ccc(Nc3ncnc4ccn(CCOCCO)c34)cc2Cl)CC1. The number of carboxylic acid groups (broad SMARTS) is 1. The Labute approximate surface area is 227 Å². The van der Waals surface area contributed by atoms with E-state index >= 15 is 0 Å². The molecule has 10 nitrogen and oxygen atoms in total. The third-order valence-electron chi connectivity index (χ3n) is 6.69. The van der Waals surface area contributed by atoms with Crippen LogP contribution in [-0.4, -0.2) is 73.2 Å². The van der Waals surface area contributed by atoms with E-state index in [2.05, 4.69) is 15.3 Å². The Morgan fingerprint density at radius 1 is 1.18 bits per heavy atom. The van der Waals surface area contributed by atoms with Gasteiger partial charge in [0.15, 0.2) is 5.82 Å². The average molecular weight is 546 g/mol. The third-order valence-corrected chi connectivity index (χ3v) is 6.98. The zero-order valence-corrected chi connectivity index (χ0v) is 22.8. The maximum Gasteiger partial charge on any atom is 0.407 e. The maximum atomic E-state index is 11.8. The van der Waals surface area contributed by atoms with Crippen LogP contribution in [0.3, 0.4) is 0 Å². The predicted molar refractivity (Wildman–Crippen MR) is 146 cm³/mol. The van der Waals surface area contributed by atoms with Crippen LogP contribution in [0, 0.1) is 0 Å². The quantitative estimate of drug-likeness (QED) is 0.293. The number of ether oxygens (including phenoxy) is 2. The number of carbonyl (C=O) groups is 1. The second-order valence-electron chi connectivity index (χ2n) is 10.4. The summed E-state index contributed by atoms with van der Waals surface area (Å²) in [5, 5.41) is 22.4. The van der Waals surface area contributed by atoms with E-state index < -0.39 is 11.6 Å². The van der Waals surface area contributed by atoms with Crippen molar-refractivity contribution in [1.29, 1.82) is 0 Å². The number of fused-ring (bicyclic) bond motifs is 1. The molecule has 0 bridgehead atoms. The van der Waals surface area contributed by atoms with E-state index in [1.165, 1.54) is 6.33 Å². The molecular formula is C27H36ClN5O5. The second-order valence-corrected chi connectivity index (χ2v) is 10.9. The first-order valence-electron chi connectivity index (χ1n) is 12.9. The number of benzene rings is 1. The number of halogens is 1. The normalized spacial score (nSPS) is 17.9. The van der Waals surface area contributed by atoms with Crippen molar-refractivity contribution in [2.45, 2.75) is 70.7 Å². The largest absolute Gasteiger partial charge is 0.489 e. The molecule has 0 aliphatic heterocycles. The van der Waals surface area contributed by atoms with Gasteiger partial charge in [0.1, 0.15) is 17.6 Å². The van der Waals surface area contributed by atoms with E-state index in [4.69, 9.17) is 26.2 Å². The molecule has 11 heteroatoms. The van der Waals surface area contributed by atoms with Gasteiger partial charge in [-0.25, -0.2) is 14.8 Å². The number of aliphatic hydroxyl groups is 1. The monoisotopic (exact) mass is 545 g/mol. The molecule has 2 heterocycles. The van der Waals surface area contributed by atoms with Crippen molar-refractivity contribution >= 4 is 40.2 Å². The van der Waals surface area contributed by atoms with Gasteiger partial charge in [-0.1, -0.05) is 11.6 Å². The fourth-order valence-electron chi connectivity index (χ4n) is 5.04. The summed E-state index contributed by atoms with van der Waals surface area (Å²) in [5.74, 6) is 1.25. The molecule has 3 aromatic rings. The Hall–Kier alpha value is -3.08. The summed E-state index contributed by atoms with van der Waals surface area (Å²) < 4.78 is 13.6. The van der Waals surface area contributed by atoms with Gasteiger partial charge in [-0.3, -0.25) is 0 Å². The van der Waals surface area contributed by atoms with Crippen molar-refractivity contribution in [3.8, 4) is 5.75 Å². The molecule has 2 aromatic heterocycles. The topological polar surface area (TPSA) is 122 Å². The molecule has 0 unspecified atom stereocenters. The number of nitrogens with one attached hydrogen (secondary N) is 1. The van der Waals surface area contributed by atoms with Crippen LogP contribution in [0.2, 0.25) is 5.02 Å². The number of hydrogen-bond acceptors (Lipinski definition) is 7. The highest BCUT2D eigenvalue weighted by Crippen LogP contribution is 2.35. The number of amides is 1. The van der Waals surface area contributed by atoms with E-state index in [0.29, 0.717) is 36.3 Å². The molecular weight excluding hydrogens is 510 g/mol. The van der Waals surface area contributed by atoms with E-state index in [1.807, 2.05) is 49.7 Å². The molecule has 3 N–H and O–H groups in total. The van der Waals surface area contributed by atoms with E-state index in [-0.39, 0.29) is 18.8 Å². The second kappa shape index (κ2) is 12.2. The number of rotatable bonds is 10. The molecule has 0 spiro atoms. The van der Waals surface area contributed by atoms with Crippen LogP contribution in [0.1, 0.15) is 46.5 Å². The average Bonchev–Trinajstić information content (AvgIpc) is 3.28. The fourth-order valence-corrected chi connectivity index (χ4v) is 5.27. The first-order chi connectivity index (χ1) is 18.2. The molecule has 1 saturated carbocycles. The van der Waals surface area contributed by atoms with Crippen molar-refractivity contribution in [2.75, 3.05) is 25.1 Å². The van der Waals surface area contributed by atoms with Gasteiger partial charge in [0.05, 0.1) is 36.5 Å². The highest BCUT2D eigenvalue weighted by Gasteiger charge is 2.36. The fraction of sp³-hybridized carbons (Fsp3) is 0.519. The highest BCUT2D eigenvalue weighted by molar-refractivity contribution is 6.32. The predicted octanol–water partition coefficient (Wildman–Crippen LogP) is 5.31. The molecule has 1 amide bonds. The standard InChI is InChI=1S/C27H36ClN5O5/c1-27(2,3)33(26(35)36)19-5-7-20(8-6-19)38-23-9-4-18(16-21(23)28)31-25-24-22(29-17-30-25)10-11-32(24)12-14-37-15-13-34/h4,9-11,16-17,19-20,34H,5-8,12-15H2,1-3H3,(H,35,36)(H,29,30,31). The molecule has 0 radical (unpaired) electrons. The number of hydrogen-bond donors (Lipinski definition) is 3. The molecule has 1 aromatic carbocycles. The number of aliphatic hydroxyl groups excluding tert-OH is 1.